The lowest BCUT2D eigenvalue weighted by atomic mass is 10.0. The Morgan fingerprint density at radius 1 is 1.14 bits per heavy atom. The number of carbonyl (C=O) groups is 1. The van der Waals surface area contributed by atoms with Gasteiger partial charge in [-0.05, 0) is 35.7 Å². The zero-order valence-corrected chi connectivity index (χ0v) is 13.6. The number of aromatic nitrogens is 1. The highest BCUT2D eigenvalue weighted by Crippen LogP contribution is 2.23. The van der Waals surface area contributed by atoms with Crippen LogP contribution in [0.2, 0.25) is 10.3 Å². The van der Waals surface area contributed by atoms with Gasteiger partial charge in [-0.15, -0.1) is 0 Å². The SMILES string of the molecule is CC(C)c1cccc(N(C)C(=O)c2cc(Cl)nc(Cl)c2)c1. The van der Waals surface area contributed by atoms with Gasteiger partial charge in [-0.3, -0.25) is 4.79 Å². The Labute approximate surface area is 134 Å². The van der Waals surface area contributed by atoms with E-state index in [1.165, 1.54) is 17.7 Å². The van der Waals surface area contributed by atoms with Crippen LogP contribution in [-0.4, -0.2) is 17.9 Å². The van der Waals surface area contributed by atoms with Crippen LogP contribution in [0.1, 0.15) is 35.7 Å². The van der Waals surface area contributed by atoms with Gasteiger partial charge in [-0.1, -0.05) is 49.2 Å². The first-order valence-corrected chi connectivity index (χ1v) is 7.35. The predicted molar refractivity (Wildman–Crippen MR) is 87.5 cm³/mol. The van der Waals surface area contributed by atoms with E-state index >= 15 is 0 Å². The Bertz CT molecular complexity index is 651. The molecule has 5 heteroatoms. The van der Waals surface area contributed by atoms with Crippen LogP contribution < -0.4 is 4.90 Å². The van der Waals surface area contributed by atoms with E-state index in [-0.39, 0.29) is 16.2 Å². The molecule has 110 valence electrons. The fourth-order valence-corrected chi connectivity index (χ4v) is 2.45. The molecule has 1 heterocycles. The fraction of sp³-hybridized carbons (Fsp3) is 0.250. The summed E-state index contributed by atoms with van der Waals surface area (Å²) in [6.07, 6.45) is 0. The molecule has 2 aromatic rings. The average Bonchev–Trinajstić information content (AvgIpc) is 2.44. The van der Waals surface area contributed by atoms with Gasteiger partial charge in [0.2, 0.25) is 0 Å². The van der Waals surface area contributed by atoms with Crippen molar-refractivity contribution in [2.45, 2.75) is 19.8 Å². The second kappa shape index (κ2) is 6.46. The highest BCUT2D eigenvalue weighted by atomic mass is 35.5. The molecule has 21 heavy (non-hydrogen) atoms. The number of nitrogens with zero attached hydrogens (tertiary/aromatic N) is 2. The highest BCUT2D eigenvalue weighted by molar-refractivity contribution is 6.33. The summed E-state index contributed by atoms with van der Waals surface area (Å²) >= 11 is 11.7. The minimum absolute atomic E-state index is 0.179. The third-order valence-corrected chi connectivity index (χ3v) is 3.63. The summed E-state index contributed by atoms with van der Waals surface area (Å²) in [5.74, 6) is 0.223. The van der Waals surface area contributed by atoms with E-state index in [1.807, 2.05) is 24.3 Å². The molecule has 0 bridgehead atoms. The number of amides is 1. The molecule has 0 aliphatic carbocycles. The van der Waals surface area contributed by atoms with E-state index in [2.05, 4.69) is 18.8 Å². The lowest BCUT2D eigenvalue weighted by Crippen LogP contribution is -2.26. The van der Waals surface area contributed by atoms with Crippen molar-refractivity contribution in [1.82, 2.24) is 4.98 Å². The number of anilines is 1. The van der Waals surface area contributed by atoms with Gasteiger partial charge < -0.3 is 4.90 Å². The van der Waals surface area contributed by atoms with Crippen LogP contribution in [0.5, 0.6) is 0 Å². The quantitative estimate of drug-likeness (QED) is 0.761. The Morgan fingerprint density at radius 3 is 2.33 bits per heavy atom. The second-order valence-electron chi connectivity index (χ2n) is 5.12. The van der Waals surface area contributed by atoms with Crippen LogP contribution in [-0.2, 0) is 0 Å². The molecular formula is C16H16Cl2N2O. The normalized spacial score (nSPS) is 10.8. The van der Waals surface area contributed by atoms with Crippen molar-refractivity contribution in [3.8, 4) is 0 Å². The van der Waals surface area contributed by atoms with Crippen LogP contribution in [0.3, 0.4) is 0 Å². The lowest BCUT2D eigenvalue weighted by molar-refractivity contribution is 0.0993. The average molecular weight is 323 g/mol. The van der Waals surface area contributed by atoms with Crippen LogP contribution in [0, 0.1) is 0 Å². The molecule has 0 N–H and O–H groups in total. The predicted octanol–water partition coefficient (Wildman–Crippen LogP) is 4.79. The van der Waals surface area contributed by atoms with E-state index in [0.717, 1.165) is 5.69 Å². The van der Waals surface area contributed by atoms with Crippen molar-refractivity contribution in [3.05, 3.63) is 57.8 Å². The van der Waals surface area contributed by atoms with Crippen molar-refractivity contribution >= 4 is 34.8 Å². The smallest absolute Gasteiger partial charge is 0.258 e. The maximum absolute atomic E-state index is 12.5. The summed E-state index contributed by atoms with van der Waals surface area (Å²) < 4.78 is 0. The molecule has 0 radical (unpaired) electrons. The third kappa shape index (κ3) is 3.74. The molecule has 0 saturated heterocycles. The largest absolute Gasteiger partial charge is 0.311 e. The molecule has 1 aromatic heterocycles. The number of pyridine rings is 1. The van der Waals surface area contributed by atoms with E-state index in [0.29, 0.717) is 11.5 Å². The highest BCUT2D eigenvalue weighted by Gasteiger charge is 2.16. The van der Waals surface area contributed by atoms with Crippen molar-refractivity contribution in [3.63, 3.8) is 0 Å². The van der Waals surface area contributed by atoms with Gasteiger partial charge in [-0.25, -0.2) is 4.98 Å². The zero-order valence-electron chi connectivity index (χ0n) is 12.1. The number of rotatable bonds is 3. The van der Waals surface area contributed by atoms with Gasteiger partial charge in [0.1, 0.15) is 10.3 Å². The first kappa shape index (κ1) is 15.8. The Balaban J connectivity index is 2.32. The molecule has 0 fully saturated rings. The lowest BCUT2D eigenvalue weighted by Gasteiger charge is -2.19. The molecule has 0 spiro atoms. The van der Waals surface area contributed by atoms with Crippen LogP contribution in [0.25, 0.3) is 0 Å². The zero-order chi connectivity index (χ0) is 15.6. The van der Waals surface area contributed by atoms with Gasteiger partial charge in [0.25, 0.3) is 5.91 Å². The van der Waals surface area contributed by atoms with Crippen molar-refractivity contribution < 1.29 is 4.79 Å². The standard InChI is InChI=1S/C16H16Cl2N2O/c1-10(2)11-5-4-6-13(7-11)20(3)16(21)12-8-14(17)19-15(18)9-12/h4-10H,1-3H3. The van der Waals surface area contributed by atoms with Crippen LogP contribution >= 0.6 is 23.2 Å². The van der Waals surface area contributed by atoms with E-state index in [9.17, 15) is 4.79 Å². The number of halogens is 2. The molecule has 1 amide bonds. The summed E-state index contributed by atoms with van der Waals surface area (Å²) in [4.78, 5) is 17.9. The summed E-state index contributed by atoms with van der Waals surface area (Å²) in [6.45, 7) is 4.23. The van der Waals surface area contributed by atoms with E-state index in [1.54, 1.807) is 11.9 Å². The molecule has 0 saturated carbocycles. The van der Waals surface area contributed by atoms with Crippen molar-refractivity contribution in [2.24, 2.45) is 0 Å². The molecule has 0 aliphatic rings. The summed E-state index contributed by atoms with van der Waals surface area (Å²) in [7, 11) is 1.73. The van der Waals surface area contributed by atoms with E-state index in [4.69, 9.17) is 23.2 Å². The molecule has 0 aliphatic heterocycles. The first-order valence-electron chi connectivity index (χ1n) is 6.59. The first-order chi connectivity index (χ1) is 9.88. The summed E-state index contributed by atoms with van der Waals surface area (Å²) in [5, 5.41) is 0.408. The molecule has 3 nitrogen and oxygen atoms in total. The van der Waals surface area contributed by atoms with Gasteiger partial charge in [0.05, 0.1) is 0 Å². The number of benzene rings is 1. The van der Waals surface area contributed by atoms with Gasteiger partial charge >= 0.3 is 0 Å². The van der Waals surface area contributed by atoms with Gasteiger partial charge in [0, 0.05) is 18.3 Å². The number of hydrogen-bond donors (Lipinski definition) is 0. The minimum Gasteiger partial charge on any atom is -0.311 e. The Hall–Kier alpha value is -1.58. The topological polar surface area (TPSA) is 33.2 Å². The van der Waals surface area contributed by atoms with Gasteiger partial charge in [0.15, 0.2) is 0 Å². The maximum atomic E-state index is 12.5. The minimum atomic E-state index is -0.179. The Morgan fingerprint density at radius 2 is 1.76 bits per heavy atom. The van der Waals surface area contributed by atoms with Crippen molar-refractivity contribution in [1.29, 1.82) is 0 Å². The molecular weight excluding hydrogens is 307 g/mol. The van der Waals surface area contributed by atoms with E-state index < -0.39 is 0 Å². The third-order valence-electron chi connectivity index (χ3n) is 3.24. The van der Waals surface area contributed by atoms with Crippen molar-refractivity contribution in [2.75, 3.05) is 11.9 Å². The van der Waals surface area contributed by atoms with Gasteiger partial charge in [-0.2, -0.15) is 0 Å². The summed E-state index contributed by atoms with van der Waals surface area (Å²) in [6, 6.07) is 10.9. The molecule has 2 rings (SSSR count). The number of carbonyl (C=O) groups excluding carboxylic acids is 1. The van der Waals surface area contributed by atoms with Crippen LogP contribution in [0.4, 0.5) is 5.69 Å². The Kier molecular flexibility index (Phi) is 4.86. The summed E-state index contributed by atoms with van der Waals surface area (Å²) in [5.41, 5.74) is 2.42. The van der Waals surface area contributed by atoms with Crippen LogP contribution in [0.15, 0.2) is 36.4 Å². The molecule has 1 aromatic carbocycles. The monoisotopic (exact) mass is 322 g/mol. The molecule has 0 atom stereocenters. The fourth-order valence-electron chi connectivity index (χ4n) is 1.99. The number of hydrogen-bond acceptors (Lipinski definition) is 2. The molecule has 0 unspecified atom stereocenters. The second-order valence-corrected chi connectivity index (χ2v) is 5.89. The maximum Gasteiger partial charge on any atom is 0.258 e.